The summed E-state index contributed by atoms with van der Waals surface area (Å²) in [5.41, 5.74) is 1.99. The van der Waals surface area contributed by atoms with Gasteiger partial charge in [-0.15, -0.1) is 0 Å². The highest BCUT2D eigenvalue weighted by Crippen LogP contribution is 2.23. The summed E-state index contributed by atoms with van der Waals surface area (Å²) in [5, 5.41) is 0. The molecule has 3 rings (SSSR count). The fourth-order valence-electron chi connectivity index (χ4n) is 3.78. The minimum atomic E-state index is -3.49. The predicted molar refractivity (Wildman–Crippen MR) is 120 cm³/mol. The van der Waals surface area contributed by atoms with Crippen LogP contribution in [0, 0.1) is 0 Å². The Bertz CT molecular complexity index is 1130. The minimum absolute atomic E-state index is 0.0608. The van der Waals surface area contributed by atoms with E-state index < -0.39 is 27.9 Å². The van der Waals surface area contributed by atoms with Crippen LogP contribution in [0.15, 0.2) is 23.2 Å². The molecular weight excluding hydrogens is 438 g/mol. The molecule has 1 unspecified atom stereocenters. The Balaban J connectivity index is 2.03. The number of amides is 1. The number of rotatable bonds is 8. The highest BCUT2D eigenvalue weighted by molar-refractivity contribution is 7.88. The van der Waals surface area contributed by atoms with Crippen molar-refractivity contribution in [3.63, 3.8) is 0 Å². The molecule has 8 nitrogen and oxygen atoms in total. The number of thiazole rings is 1. The zero-order valence-electron chi connectivity index (χ0n) is 18.2. The molecule has 1 aliphatic heterocycles. The van der Waals surface area contributed by atoms with Crippen molar-refractivity contribution in [2.24, 2.45) is 4.99 Å². The highest BCUT2D eigenvalue weighted by atomic mass is 32.2. The third-order valence-corrected chi connectivity index (χ3v) is 7.61. The van der Waals surface area contributed by atoms with Gasteiger partial charge in [0, 0.05) is 6.54 Å². The Hall–Kier alpha value is -2.04. The van der Waals surface area contributed by atoms with E-state index in [0.717, 1.165) is 35.7 Å². The number of carbonyl (C=O) groups is 2. The minimum Gasteiger partial charge on any atom is -0.465 e. The molecule has 170 valence electrons. The lowest BCUT2D eigenvalue weighted by Gasteiger charge is -2.18. The molecule has 0 radical (unpaired) electrons. The second-order valence-corrected chi connectivity index (χ2v) is 10.6. The number of esters is 1. The Morgan fingerprint density at radius 3 is 2.74 bits per heavy atom. The van der Waals surface area contributed by atoms with E-state index in [1.54, 1.807) is 11.5 Å². The Kier molecular flexibility index (Phi) is 7.66. The largest absolute Gasteiger partial charge is 0.465 e. The van der Waals surface area contributed by atoms with Gasteiger partial charge in [0.15, 0.2) is 4.80 Å². The number of aromatic nitrogens is 1. The van der Waals surface area contributed by atoms with Gasteiger partial charge in [0.05, 0.1) is 23.1 Å². The lowest BCUT2D eigenvalue weighted by Crippen LogP contribution is -2.40. The van der Waals surface area contributed by atoms with E-state index in [0.29, 0.717) is 24.2 Å². The molecule has 1 amide bonds. The molecule has 0 N–H and O–H groups in total. The van der Waals surface area contributed by atoms with Crippen molar-refractivity contribution in [3.05, 3.63) is 28.6 Å². The molecule has 31 heavy (non-hydrogen) atoms. The van der Waals surface area contributed by atoms with Crippen LogP contribution >= 0.6 is 11.3 Å². The molecule has 1 aromatic heterocycles. The van der Waals surface area contributed by atoms with Crippen LogP contribution in [-0.2, 0) is 37.3 Å². The van der Waals surface area contributed by atoms with Crippen molar-refractivity contribution in [3.8, 4) is 0 Å². The standard InChI is InChI=1S/C21H29N3O5S2/c1-4-6-8-15-10-11-16-18(13-15)30-21(23(16)14-19(25)29-5-2)22-20(26)17-9-7-12-24(17)31(3,27)28/h10-11,13,17H,4-9,12,14H2,1-3H3. The second-order valence-electron chi connectivity index (χ2n) is 7.66. The number of benzene rings is 1. The summed E-state index contributed by atoms with van der Waals surface area (Å²) in [4.78, 5) is 29.8. The first-order valence-corrected chi connectivity index (χ1v) is 13.2. The van der Waals surface area contributed by atoms with Crippen LogP contribution in [0.3, 0.4) is 0 Å². The van der Waals surface area contributed by atoms with Gasteiger partial charge in [-0.25, -0.2) is 8.42 Å². The number of nitrogens with zero attached hydrogens (tertiary/aromatic N) is 3. The van der Waals surface area contributed by atoms with E-state index in [2.05, 4.69) is 18.0 Å². The van der Waals surface area contributed by atoms with Crippen LogP contribution in [0.5, 0.6) is 0 Å². The van der Waals surface area contributed by atoms with Crippen molar-refractivity contribution in [2.75, 3.05) is 19.4 Å². The van der Waals surface area contributed by atoms with Crippen LogP contribution in [0.4, 0.5) is 0 Å². The van der Waals surface area contributed by atoms with E-state index in [4.69, 9.17) is 4.74 Å². The van der Waals surface area contributed by atoms with Crippen molar-refractivity contribution in [1.82, 2.24) is 8.87 Å². The number of hydrogen-bond acceptors (Lipinski definition) is 6. The molecule has 2 aromatic rings. The van der Waals surface area contributed by atoms with Crippen molar-refractivity contribution in [2.45, 2.75) is 58.5 Å². The summed E-state index contributed by atoms with van der Waals surface area (Å²) in [6.07, 6.45) is 5.31. The Morgan fingerprint density at radius 1 is 1.29 bits per heavy atom. The third-order valence-electron chi connectivity index (χ3n) is 5.28. The van der Waals surface area contributed by atoms with Gasteiger partial charge in [0.2, 0.25) is 10.0 Å². The van der Waals surface area contributed by atoms with Gasteiger partial charge in [0.1, 0.15) is 12.6 Å². The molecule has 2 heterocycles. The monoisotopic (exact) mass is 467 g/mol. The maximum atomic E-state index is 12.9. The molecule has 0 aliphatic carbocycles. The first-order valence-electron chi connectivity index (χ1n) is 10.6. The summed E-state index contributed by atoms with van der Waals surface area (Å²) in [6, 6.07) is 5.24. The normalized spacial score (nSPS) is 18.0. The molecular formula is C21H29N3O5S2. The van der Waals surface area contributed by atoms with Crippen LogP contribution < -0.4 is 4.80 Å². The average Bonchev–Trinajstić information content (AvgIpc) is 3.32. The van der Waals surface area contributed by atoms with E-state index in [-0.39, 0.29) is 13.2 Å². The maximum absolute atomic E-state index is 12.9. The molecule has 1 saturated heterocycles. The quantitative estimate of drug-likeness (QED) is 0.556. The van der Waals surface area contributed by atoms with E-state index in [9.17, 15) is 18.0 Å². The van der Waals surface area contributed by atoms with Gasteiger partial charge >= 0.3 is 5.97 Å². The second kappa shape index (κ2) is 10.1. The van der Waals surface area contributed by atoms with Crippen LogP contribution in [-0.4, -0.2) is 54.6 Å². The van der Waals surface area contributed by atoms with Crippen molar-refractivity contribution < 1.29 is 22.7 Å². The number of aryl methyl sites for hydroxylation is 1. The molecule has 0 spiro atoms. The number of sulfonamides is 1. The number of fused-ring (bicyclic) bond motifs is 1. The topological polar surface area (TPSA) is 98.0 Å². The van der Waals surface area contributed by atoms with E-state index >= 15 is 0 Å². The molecule has 1 atom stereocenters. The SMILES string of the molecule is CCCCc1ccc2c(c1)sc(=NC(=O)C1CCCN1S(C)(=O)=O)n2CC(=O)OCC. The number of unbranched alkanes of at least 4 members (excludes halogenated alkanes) is 1. The number of carbonyl (C=O) groups excluding carboxylic acids is 2. The van der Waals surface area contributed by atoms with Crippen LogP contribution in [0.25, 0.3) is 10.2 Å². The van der Waals surface area contributed by atoms with E-state index in [1.807, 2.05) is 12.1 Å². The first-order chi connectivity index (χ1) is 14.7. The van der Waals surface area contributed by atoms with Crippen LogP contribution in [0.2, 0.25) is 0 Å². The third kappa shape index (κ3) is 5.61. The fraction of sp³-hybridized carbons (Fsp3) is 0.571. The molecule has 10 heteroatoms. The first kappa shape index (κ1) is 23.6. The van der Waals surface area contributed by atoms with Gasteiger partial charge in [-0.3, -0.25) is 9.59 Å². The summed E-state index contributed by atoms with van der Waals surface area (Å²) in [6.45, 7) is 4.40. The van der Waals surface area contributed by atoms with Gasteiger partial charge in [0.25, 0.3) is 5.91 Å². The van der Waals surface area contributed by atoms with Gasteiger partial charge in [-0.1, -0.05) is 30.7 Å². The smallest absolute Gasteiger partial charge is 0.326 e. The Morgan fingerprint density at radius 2 is 2.06 bits per heavy atom. The van der Waals surface area contributed by atoms with Gasteiger partial charge < -0.3 is 9.30 Å². The molecule has 0 saturated carbocycles. The Labute approximate surface area is 186 Å². The van der Waals surface area contributed by atoms with Crippen molar-refractivity contribution in [1.29, 1.82) is 0 Å². The molecule has 1 aromatic carbocycles. The maximum Gasteiger partial charge on any atom is 0.326 e. The van der Waals surface area contributed by atoms with E-state index in [1.165, 1.54) is 21.2 Å². The molecule has 0 bridgehead atoms. The highest BCUT2D eigenvalue weighted by Gasteiger charge is 2.36. The predicted octanol–water partition coefficient (Wildman–Crippen LogP) is 2.46. The summed E-state index contributed by atoms with van der Waals surface area (Å²) in [7, 11) is -3.49. The number of ether oxygens (including phenoxy) is 1. The van der Waals surface area contributed by atoms with Gasteiger partial charge in [-0.05, 0) is 50.3 Å². The summed E-state index contributed by atoms with van der Waals surface area (Å²) in [5.74, 6) is -0.914. The van der Waals surface area contributed by atoms with Crippen LogP contribution in [0.1, 0.15) is 45.1 Å². The fourth-order valence-corrected chi connectivity index (χ4v) is 6.00. The summed E-state index contributed by atoms with van der Waals surface area (Å²) >= 11 is 1.33. The van der Waals surface area contributed by atoms with Crippen molar-refractivity contribution >= 4 is 43.5 Å². The summed E-state index contributed by atoms with van der Waals surface area (Å²) < 4.78 is 32.9. The average molecular weight is 468 g/mol. The molecule has 1 fully saturated rings. The lowest BCUT2D eigenvalue weighted by atomic mass is 10.1. The molecule has 1 aliphatic rings. The zero-order chi connectivity index (χ0) is 22.6. The van der Waals surface area contributed by atoms with Gasteiger partial charge in [-0.2, -0.15) is 9.30 Å². The lowest BCUT2D eigenvalue weighted by molar-refractivity contribution is -0.143. The number of hydrogen-bond donors (Lipinski definition) is 0. The zero-order valence-corrected chi connectivity index (χ0v) is 19.8.